The summed E-state index contributed by atoms with van der Waals surface area (Å²) in [6, 6.07) is 13.8. The highest BCUT2D eigenvalue weighted by atomic mass is 79.9. The lowest BCUT2D eigenvalue weighted by Gasteiger charge is -2.10. The maximum Gasteiger partial charge on any atom is 0.0961 e. The van der Waals surface area contributed by atoms with Gasteiger partial charge in [-0.15, -0.1) is 11.8 Å². The van der Waals surface area contributed by atoms with Crippen LogP contribution in [-0.4, -0.2) is 28.6 Å². The second-order valence-corrected chi connectivity index (χ2v) is 6.24. The Kier molecular flexibility index (Phi) is 6.53. The van der Waals surface area contributed by atoms with Crippen LogP contribution in [0.25, 0.3) is 0 Å². The van der Waals surface area contributed by atoms with Crippen LogP contribution >= 0.6 is 27.7 Å². The summed E-state index contributed by atoms with van der Waals surface area (Å²) in [6.07, 6.45) is 1.26. The number of rotatable bonds is 7. The standard InChI is InChI=1S/C15H16BrNO2S/c16-13-6-7-15(17-8-13)20-11-14(18)10-19-9-12-4-2-1-3-5-12/h1-8,14,18H,9-11H2. The summed E-state index contributed by atoms with van der Waals surface area (Å²) in [5.41, 5.74) is 1.11. The van der Waals surface area contributed by atoms with Crippen molar-refractivity contribution in [3.05, 3.63) is 58.7 Å². The highest BCUT2D eigenvalue weighted by Crippen LogP contribution is 2.18. The van der Waals surface area contributed by atoms with E-state index < -0.39 is 6.10 Å². The lowest BCUT2D eigenvalue weighted by atomic mass is 10.2. The SMILES string of the molecule is OC(COCc1ccccc1)CSc1ccc(Br)cn1. The first kappa shape index (κ1) is 15.5. The third-order valence-corrected chi connectivity index (χ3v) is 4.10. The fourth-order valence-electron chi connectivity index (χ4n) is 1.56. The Balaban J connectivity index is 1.65. The molecule has 0 fully saturated rings. The van der Waals surface area contributed by atoms with Crippen molar-refractivity contribution in [2.24, 2.45) is 0 Å². The molecule has 0 aliphatic carbocycles. The minimum Gasteiger partial charge on any atom is -0.390 e. The molecule has 1 atom stereocenters. The van der Waals surface area contributed by atoms with Crippen LogP contribution < -0.4 is 0 Å². The van der Waals surface area contributed by atoms with E-state index in [4.69, 9.17) is 4.74 Å². The molecular weight excluding hydrogens is 338 g/mol. The molecule has 1 aromatic carbocycles. The van der Waals surface area contributed by atoms with Crippen molar-refractivity contribution in [3.8, 4) is 0 Å². The van der Waals surface area contributed by atoms with Crippen LogP contribution in [0.2, 0.25) is 0 Å². The minimum atomic E-state index is -0.492. The average molecular weight is 354 g/mol. The van der Waals surface area contributed by atoms with E-state index in [9.17, 15) is 5.11 Å². The van der Waals surface area contributed by atoms with Crippen molar-refractivity contribution in [2.45, 2.75) is 17.7 Å². The smallest absolute Gasteiger partial charge is 0.0961 e. The number of pyridine rings is 1. The molecule has 0 aliphatic rings. The Morgan fingerprint density at radius 1 is 1.20 bits per heavy atom. The zero-order valence-electron chi connectivity index (χ0n) is 10.9. The molecule has 2 rings (SSSR count). The number of halogens is 1. The maximum absolute atomic E-state index is 9.86. The van der Waals surface area contributed by atoms with Gasteiger partial charge in [0, 0.05) is 16.4 Å². The third kappa shape index (κ3) is 5.63. The highest BCUT2D eigenvalue weighted by Gasteiger charge is 2.06. The van der Waals surface area contributed by atoms with Crippen molar-refractivity contribution < 1.29 is 9.84 Å². The Bertz CT molecular complexity index is 507. The molecule has 20 heavy (non-hydrogen) atoms. The normalized spacial score (nSPS) is 12.3. The fourth-order valence-corrected chi connectivity index (χ4v) is 2.55. The van der Waals surface area contributed by atoms with E-state index in [1.54, 1.807) is 6.20 Å². The van der Waals surface area contributed by atoms with E-state index in [0.29, 0.717) is 19.0 Å². The third-order valence-electron chi connectivity index (χ3n) is 2.55. The van der Waals surface area contributed by atoms with Crippen molar-refractivity contribution in [1.82, 2.24) is 4.98 Å². The van der Waals surface area contributed by atoms with Gasteiger partial charge in [-0.05, 0) is 33.6 Å². The number of nitrogens with zero attached hydrogens (tertiary/aromatic N) is 1. The first-order chi connectivity index (χ1) is 9.74. The van der Waals surface area contributed by atoms with Gasteiger partial charge in [0.15, 0.2) is 0 Å². The molecule has 0 aliphatic heterocycles. The fraction of sp³-hybridized carbons (Fsp3) is 0.267. The summed E-state index contributed by atoms with van der Waals surface area (Å²) in [6.45, 7) is 0.859. The minimum absolute atomic E-state index is 0.332. The topological polar surface area (TPSA) is 42.4 Å². The first-order valence-corrected chi connectivity index (χ1v) is 8.06. The molecule has 2 aromatic rings. The van der Waals surface area contributed by atoms with Gasteiger partial charge in [-0.1, -0.05) is 30.3 Å². The van der Waals surface area contributed by atoms with Gasteiger partial charge in [0.2, 0.25) is 0 Å². The Morgan fingerprint density at radius 2 is 2.00 bits per heavy atom. The predicted octanol–water partition coefficient (Wildman–Crippen LogP) is 3.51. The number of hydrogen-bond acceptors (Lipinski definition) is 4. The van der Waals surface area contributed by atoms with Crippen LogP contribution in [0.1, 0.15) is 5.56 Å². The molecule has 1 unspecified atom stereocenters. The van der Waals surface area contributed by atoms with E-state index in [1.165, 1.54) is 11.8 Å². The number of thioether (sulfide) groups is 1. The molecule has 3 nitrogen and oxygen atoms in total. The summed E-state index contributed by atoms with van der Waals surface area (Å²) in [7, 11) is 0. The van der Waals surface area contributed by atoms with Gasteiger partial charge < -0.3 is 9.84 Å². The van der Waals surface area contributed by atoms with Crippen LogP contribution in [0.4, 0.5) is 0 Å². The second kappa shape index (κ2) is 8.42. The lowest BCUT2D eigenvalue weighted by molar-refractivity contribution is 0.0398. The summed E-state index contributed by atoms with van der Waals surface area (Å²) in [4.78, 5) is 4.24. The maximum atomic E-state index is 9.86. The van der Waals surface area contributed by atoms with Gasteiger partial charge in [0.1, 0.15) is 0 Å². The molecule has 5 heteroatoms. The number of aliphatic hydroxyl groups is 1. The molecule has 0 radical (unpaired) electrons. The van der Waals surface area contributed by atoms with Gasteiger partial charge in [0.05, 0.1) is 24.3 Å². The molecule has 1 heterocycles. The summed E-state index contributed by atoms with van der Waals surface area (Å²) in [5.74, 6) is 0.573. The lowest BCUT2D eigenvalue weighted by Crippen LogP contribution is -2.17. The molecule has 0 spiro atoms. The van der Waals surface area contributed by atoms with E-state index >= 15 is 0 Å². The zero-order valence-corrected chi connectivity index (χ0v) is 13.3. The Labute approximate surface area is 131 Å². The van der Waals surface area contributed by atoms with Crippen molar-refractivity contribution in [1.29, 1.82) is 0 Å². The number of aliphatic hydroxyl groups excluding tert-OH is 1. The van der Waals surface area contributed by atoms with Crippen LogP contribution in [0, 0.1) is 0 Å². The number of aromatic nitrogens is 1. The Hall–Kier alpha value is -0.880. The molecular formula is C15H16BrNO2S. The monoisotopic (exact) mass is 353 g/mol. The van der Waals surface area contributed by atoms with Gasteiger partial charge in [0.25, 0.3) is 0 Å². The van der Waals surface area contributed by atoms with Crippen molar-refractivity contribution >= 4 is 27.7 Å². The van der Waals surface area contributed by atoms with Gasteiger partial charge in [-0.3, -0.25) is 0 Å². The molecule has 0 saturated heterocycles. The molecule has 0 amide bonds. The van der Waals surface area contributed by atoms with E-state index in [1.807, 2.05) is 42.5 Å². The van der Waals surface area contributed by atoms with E-state index in [0.717, 1.165) is 15.1 Å². The average Bonchev–Trinajstić information content (AvgIpc) is 2.48. The van der Waals surface area contributed by atoms with Gasteiger partial charge in [-0.2, -0.15) is 0 Å². The van der Waals surface area contributed by atoms with Crippen LogP contribution in [0.3, 0.4) is 0 Å². The van der Waals surface area contributed by atoms with E-state index in [2.05, 4.69) is 20.9 Å². The van der Waals surface area contributed by atoms with Gasteiger partial charge in [-0.25, -0.2) is 4.98 Å². The predicted molar refractivity (Wildman–Crippen MR) is 84.8 cm³/mol. The first-order valence-electron chi connectivity index (χ1n) is 6.28. The van der Waals surface area contributed by atoms with Crippen molar-refractivity contribution in [2.75, 3.05) is 12.4 Å². The molecule has 0 bridgehead atoms. The van der Waals surface area contributed by atoms with Crippen LogP contribution in [-0.2, 0) is 11.3 Å². The molecule has 1 aromatic heterocycles. The zero-order chi connectivity index (χ0) is 14.2. The molecule has 1 N–H and O–H groups in total. The van der Waals surface area contributed by atoms with E-state index in [-0.39, 0.29) is 0 Å². The number of benzene rings is 1. The van der Waals surface area contributed by atoms with Crippen LogP contribution in [0.15, 0.2) is 58.2 Å². The number of hydrogen-bond donors (Lipinski definition) is 1. The molecule has 106 valence electrons. The quantitative estimate of drug-likeness (QED) is 0.773. The summed E-state index contributed by atoms with van der Waals surface area (Å²) < 4.78 is 6.45. The number of ether oxygens (including phenoxy) is 1. The van der Waals surface area contributed by atoms with Crippen molar-refractivity contribution in [3.63, 3.8) is 0 Å². The highest BCUT2D eigenvalue weighted by molar-refractivity contribution is 9.10. The largest absolute Gasteiger partial charge is 0.390 e. The Morgan fingerprint density at radius 3 is 2.70 bits per heavy atom. The molecule has 0 saturated carbocycles. The van der Waals surface area contributed by atoms with Crippen LogP contribution in [0.5, 0.6) is 0 Å². The summed E-state index contributed by atoms with van der Waals surface area (Å²) >= 11 is 4.86. The summed E-state index contributed by atoms with van der Waals surface area (Å²) in [5, 5.41) is 10.8. The second-order valence-electron chi connectivity index (χ2n) is 4.28. The van der Waals surface area contributed by atoms with Gasteiger partial charge >= 0.3 is 0 Å².